The molecule has 0 radical (unpaired) electrons. The van der Waals surface area contributed by atoms with Crippen LogP contribution in [0.25, 0.3) is 11.4 Å². The van der Waals surface area contributed by atoms with Gasteiger partial charge in [-0.05, 0) is 69.5 Å². The Hall–Kier alpha value is -2.80. The summed E-state index contributed by atoms with van der Waals surface area (Å²) in [7, 11) is 1.65. The van der Waals surface area contributed by atoms with Crippen molar-refractivity contribution < 1.29 is 9.53 Å². The summed E-state index contributed by atoms with van der Waals surface area (Å²) in [6, 6.07) is 12.0. The number of rotatable bonds is 9. The Kier molecular flexibility index (Phi) is 7.96. The van der Waals surface area contributed by atoms with E-state index >= 15 is 0 Å². The molecule has 3 aromatic rings. The quantitative estimate of drug-likeness (QED) is 0.416. The average molecular weight is 453 g/mol. The molecule has 1 unspecified atom stereocenters. The van der Waals surface area contributed by atoms with E-state index in [1.165, 1.54) is 17.3 Å². The normalized spacial score (nSPS) is 11.9. The molecule has 1 aromatic heterocycles. The fourth-order valence-electron chi connectivity index (χ4n) is 3.66. The number of thioether (sulfide) groups is 1. The highest BCUT2D eigenvalue weighted by molar-refractivity contribution is 8.00. The lowest BCUT2D eigenvalue weighted by molar-refractivity contribution is -0.115. The number of hydrogen-bond acceptors (Lipinski definition) is 5. The van der Waals surface area contributed by atoms with E-state index in [-0.39, 0.29) is 11.2 Å². The van der Waals surface area contributed by atoms with Crippen LogP contribution < -0.4 is 10.1 Å². The highest BCUT2D eigenvalue weighted by Crippen LogP contribution is 2.30. The van der Waals surface area contributed by atoms with Crippen LogP contribution in [0, 0.1) is 20.8 Å². The number of ether oxygens (including phenoxy) is 1. The lowest BCUT2D eigenvalue weighted by atomic mass is 10.1. The molecule has 0 aliphatic rings. The SMILES string of the molecule is CCCCn1c(SC(C)C(=O)Nc2c(C)cc(C)cc2C)nnc1-c1ccc(OC)cc1. The van der Waals surface area contributed by atoms with Crippen LogP contribution in [0.3, 0.4) is 0 Å². The molecule has 0 saturated carbocycles. The molecule has 170 valence electrons. The van der Waals surface area contributed by atoms with Crippen molar-refractivity contribution in [2.24, 2.45) is 0 Å². The first-order valence-corrected chi connectivity index (χ1v) is 11.8. The molecule has 32 heavy (non-hydrogen) atoms. The van der Waals surface area contributed by atoms with Gasteiger partial charge < -0.3 is 14.6 Å². The topological polar surface area (TPSA) is 69.0 Å². The second kappa shape index (κ2) is 10.7. The van der Waals surface area contributed by atoms with Gasteiger partial charge >= 0.3 is 0 Å². The third kappa shape index (κ3) is 5.51. The van der Waals surface area contributed by atoms with E-state index in [1.54, 1.807) is 7.11 Å². The van der Waals surface area contributed by atoms with Gasteiger partial charge in [-0.3, -0.25) is 4.79 Å². The largest absolute Gasteiger partial charge is 0.497 e. The van der Waals surface area contributed by atoms with Crippen LogP contribution in [0.2, 0.25) is 0 Å². The van der Waals surface area contributed by atoms with Gasteiger partial charge in [0.05, 0.1) is 12.4 Å². The van der Waals surface area contributed by atoms with E-state index in [4.69, 9.17) is 4.74 Å². The Morgan fingerprint density at radius 2 is 1.78 bits per heavy atom. The Morgan fingerprint density at radius 3 is 2.38 bits per heavy atom. The van der Waals surface area contributed by atoms with E-state index in [0.29, 0.717) is 0 Å². The second-order valence-corrected chi connectivity index (χ2v) is 9.37. The zero-order valence-electron chi connectivity index (χ0n) is 19.7. The van der Waals surface area contributed by atoms with Crippen LogP contribution in [0.4, 0.5) is 5.69 Å². The molecular weight excluding hydrogens is 420 g/mol. The van der Waals surface area contributed by atoms with Crippen molar-refractivity contribution in [3.05, 3.63) is 53.1 Å². The molecule has 0 aliphatic carbocycles. The zero-order valence-corrected chi connectivity index (χ0v) is 20.5. The fraction of sp³-hybridized carbons (Fsp3) is 0.400. The van der Waals surface area contributed by atoms with Gasteiger partial charge in [-0.25, -0.2) is 0 Å². The molecule has 7 heteroatoms. The molecule has 1 amide bonds. The first-order chi connectivity index (χ1) is 15.3. The molecule has 6 nitrogen and oxygen atoms in total. The molecule has 2 aromatic carbocycles. The minimum Gasteiger partial charge on any atom is -0.497 e. The lowest BCUT2D eigenvalue weighted by Crippen LogP contribution is -2.24. The molecule has 3 rings (SSSR count). The number of unbranched alkanes of at least 4 members (excludes halogenated alkanes) is 1. The molecule has 0 bridgehead atoms. The summed E-state index contributed by atoms with van der Waals surface area (Å²) in [5.74, 6) is 1.57. The Bertz CT molecular complexity index is 1050. The number of carbonyl (C=O) groups is 1. The van der Waals surface area contributed by atoms with Crippen molar-refractivity contribution in [2.75, 3.05) is 12.4 Å². The summed E-state index contributed by atoms with van der Waals surface area (Å²) in [6.07, 6.45) is 2.07. The third-order valence-corrected chi connectivity index (χ3v) is 6.46. The minimum absolute atomic E-state index is 0.0407. The monoisotopic (exact) mass is 452 g/mol. The Labute approximate surface area is 194 Å². The summed E-state index contributed by atoms with van der Waals surface area (Å²) in [5.41, 5.74) is 5.20. The number of aryl methyl sites for hydroxylation is 3. The summed E-state index contributed by atoms with van der Waals surface area (Å²) in [6.45, 7) is 11.0. The van der Waals surface area contributed by atoms with Gasteiger partial charge in [-0.1, -0.05) is 42.8 Å². The predicted octanol–water partition coefficient (Wildman–Crippen LogP) is 5.80. The summed E-state index contributed by atoms with van der Waals surface area (Å²) >= 11 is 1.44. The number of aromatic nitrogens is 3. The highest BCUT2D eigenvalue weighted by atomic mass is 32.2. The summed E-state index contributed by atoms with van der Waals surface area (Å²) in [4.78, 5) is 13.0. The first-order valence-electron chi connectivity index (χ1n) is 11.0. The van der Waals surface area contributed by atoms with E-state index < -0.39 is 0 Å². The third-order valence-electron chi connectivity index (χ3n) is 5.38. The number of amides is 1. The number of nitrogens with zero attached hydrogens (tertiary/aromatic N) is 3. The molecule has 0 saturated heterocycles. The van der Waals surface area contributed by atoms with E-state index in [1.807, 2.05) is 45.0 Å². The standard InChI is InChI=1S/C25H32N4O2S/c1-7-8-13-29-23(20-9-11-21(31-6)12-10-20)27-28-25(29)32-19(5)24(30)26-22-17(3)14-16(2)15-18(22)4/h9-12,14-15,19H,7-8,13H2,1-6H3,(H,26,30). The van der Waals surface area contributed by atoms with Gasteiger partial charge in [0.2, 0.25) is 5.91 Å². The van der Waals surface area contributed by atoms with Crippen molar-refractivity contribution in [3.63, 3.8) is 0 Å². The Balaban J connectivity index is 1.81. The van der Waals surface area contributed by atoms with Gasteiger partial charge in [0.1, 0.15) is 5.75 Å². The smallest absolute Gasteiger partial charge is 0.237 e. The van der Waals surface area contributed by atoms with Crippen molar-refractivity contribution in [3.8, 4) is 17.1 Å². The number of anilines is 1. The summed E-state index contributed by atoms with van der Waals surface area (Å²) < 4.78 is 7.38. The van der Waals surface area contributed by atoms with Gasteiger partial charge in [-0.2, -0.15) is 0 Å². The highest BCUT2D eigenvalue weighted by Gasteiger charge is 2.22. The van der Waals surface area contributed by atoms with Crippen LogP contribution in [0.5, 0.6) is 5.75 Å². The molecule has 1 N–H and O–H groups in total. The van der Waals surface area contributed by atoms with Crippen LogP contribution in [-0.4, -0.2) is 33.0 Å². The zero-order chi connectivity index (χ0) is 23.3. The minimum atomic E-state index is -0.316. The van der Waals surface area contributed by atoms with E-state index in [0.717, 1.165) is 58.5 Å². The number of nitrogens with one attached hydrogen (secondary N) is 1. The number of methoxy groups -OCH3 is 1. The Morgan fingerprint density at radius 1 is 1.12 bits per heavy atom. The van der Waals surface area contributed by atoms with Gasteiger partial charge in [0.15, 0.2) is 11.0 Å². The number of benzene rings is 2. The molecule has 0 fully saturated rings. The van der Waals surface area contributed by atoms with Crippen molar-refractivity contribution in [2.45, 2.75) is 64.4 Å². The van der Waals surface area contributed by atoms with Crippen LogP contribution in [0.1, 0.15) is 43.4 Å². The molecule has 1 atom stereocenters. The van der Waals surface area contributed by atoms with Crippen LogP contribution in [0.15, 0.2) is 41.6 Å². The predicted molar refractivity (Wildman–Crippen MR) is 132 cm³/mol. The summed E-state index contributed by atoms with van der Waals surface area (Å²) in [5, 5.41) is 12.4. The van der Waals surface area contributed by atoms with E-state index in [9.17, 15) is 4.79 Å². The van der Waals surface area contributed by atoms with Crippen LogP contribution >= 0.6 is 11.8 Å². The van der Waals surface area contributed by atoms with Gasteiger partial charge in [0, 0.05) is 17.8 Å². The molecule has 0 aliphatic heterocycles. The van der Waals surface area contributed by atoms with Gasteiger partial charge in [0.25, 0.3) is 0 Å². The van der Waals surface area contributed by atoms with Gasteiger partial charge in [-0.15, -0.1) is 10.2 Å². The van der Waals surface area contributed by atoms with Crippen molar-refractivity contribution in [1.29, 1.82) is 0 Å². The average Bonchev–Trinajstić information content (AvgIpc) is 3.16. The molecule has 1 heterocycles. The maximum Gasteiger partial charge on any atom is 0.237 e. The number of carbonyl (C=O) groups excluding carboxylic acids is 1. The number of hydrogen-bond donors (Lipinski definition) is 1. The maximum absolute atomic E-state index is 13.0. The van der Waals surface area contributed by atoms with Crippen LogP contribution in [-0.2, 0) is 11.3 Å². The van der Waals surface area contributed by atoms with E-state index in [2.05, 4.69) is 46.1 Å². The maximum atomic E-state index is 13.0. The van der Waals surface area contributed by atoms with Crippen molar-refractivity contribution >= 4 is 23.4 Å². The fourth-order valence-corrected chi connectivity index (χ4v) is 4.54. The lowest BCUT2D eigenvalue weighted by Gasteiger charge is -2.16. The molecule has 0 spiro atoms. The first kappa shape index (κ1) is 23.9. The van der Waals surface area contributed by atoms with Crippen molar-refractivity contribution in [1.82, 2.24) is 14.8 Å². The second-order valence-electron chi connectivity index (χ2n) is 8.06. The molecular formula is C25H32N4O2S.